The smallest absolute Gasteiger partial charge is 0.122 e. The Morgan fingerprint density at radius 3 is 2.00 bits per heavy atom. The molecule has 88 valence electrons. The molecule has 0 aliphatic heterocycles. The Morgan fingerprint density at radius 1 is 1.00 bits per heavy atom. The number of allylic oxidation sites excluding steroid dienone is 2. The third kappa shape index (κ3) is 7.11. The van der Waals surface area contributed by atoms with Gasteiger partial charge in [-0.2, -0.15) is 0 Å². The molecule has 3 nitrogen and oxygen atoms in total. The highest BCUT2D eigenvalue weighted by atomic mass is 16.3. The molecular formula is C12H23NO2. The molecule has 0 unspecified atom stereocenters. The van der Waals surface area contributed by atoms with E-state index in [1.54, 1.807) is 0 Å². The normalized spacial score (nSPS) is 12.4. The average Bonchev–Trinajstić information content (AvgIpc) is 2.24. The molecule has 3 heteroatoms. The maximum Gasteiger partial charge on any atom is 0.122 e. The second kappa shape index (κ2) is 9.69. The molecular weight excluding hydrogens is 190 g/mol. The molecule has 0 aromatic carbocycles. The van der Waals surface area contributed by atoms with E-state index in [0.29, 0.717) is 18.5 Å². The molecule has 0 aromatic rings. The van der Waals surface area contributed by atoms with Gasteiger partial charge in [0.2, 0.25) is 0 Å². The van der Waals surface area contributed by atoms with Crippen LogP contribution in [0, 0.1) is 4.91 Å². The van der Waals surface area contributed by atoms with Crippen molar-refractivity contribution in [2.45, 2.75) is 65.2 Å². The lowest BCUT2D eigenvalue weighted by Gasteiger charge is -2.03. The van der Waals surface area contributed by atoms with Gasteiger partial charge >= 0.3 is 0 Å². The summed E-state index contributed by atoms with van der Waals surface area (Å²) >= 11 is 0. The van der Waals surface area contributed by atoms with Crippen LogP contribution in [0.2, 0.25) is 0 Å². The number of unbranched alkanes of at least 4 members (excludes halogenated alkanes) is 4. The van der Waals surface area contributed by atoms with Gasteiger partial charge in [-0.15, -0.1) is 4.91 Å². The largest absolute Gasteiger partial charge is 0.510 e. The van der Waals surface area contributed by atoms with Gasteiger partial charge in [-0.05, 0) is 24.4 Å². The lowest BCUT2D eigenvalue weighted by atomic mass is 10.1. The molecule has 0 atom stereocenters. The molecule has 0 aliphatic rings. The van der Waals surface area contributed by atoms with Gasteiger partial charge in [-0.1, -0.05) is 39.5 Å². The minimum atomic E-state index is 0.203. The van der Waals surface area contributed by atoms with Crippen molar-refractivity contribution in [3.05, 3.63) is 16.4 Å². The van der Waals surface area contributed by atoms with Crippen LogP contribution >= 0.6 is 0 Å². The molecule has 0 aliphatic carbocycles. The van der Waals surface area contributed by atoms with E-state index < -0.39 is 0 Å². The van der Waals surface area contributed by atoms with E-state index in [1.807, 2.05) is 0 Å². The van der Waals surface area contributed by atoms with Crippen LogP contribution in [0.25, 0.3) is 0 Å². The summed E-state index contributed by atoms with van der Waals surface area (Å²) < 4.78 is 0. The van der Waals surface area contributed by atoms with E-state index in [9.17, 15) is 10.0 Å². The van der Waals surface area contributed by atoms with Crippen molar-refractivity contribution in [3.63, 3.8) is 0 Å². The van der Waals surface area contributed by atoms with E-state index in [-0.39, 0.29) is 5.76 Å². The fraction of sp³-hybridized carbons (Fsp3) is 0.833. The fourth-order valence-electron chi connectivity index (χ4n) is 1.47. The zero-order valence-corrected chi connectivity index (χ0v) is 9.96. The van der Waals surface area contributed by atoms with Crippen molar-refractivity contribution in [3.8, 4) is 0 Å². The predicted molar refractivity (Wildman–Crippen MR) is 63.7 cm³/mol. The molecule has 1 N–H and O–H groups in total. The van der Waals surface area contributed by atoms with Crippen molar-refractivity contribution in [1.29, 1.82) is 0 Å². The summed E-state index contributed by atoms with van der Waals surface area (Å²) in [5.74, 6) is 0.203. The van der Waals surface area contributed by atoms with Gasteiger partial charge in [-0.25, -0.2) is 0 Å². The van der Waals surface area contributed by atoms with Crippen molar-refractivity contribution < 1.29 is 5.11 Å². The highest BCUT2D eigenvalue weighted by Gasteiger charge is 2.05. The average molecular weight is 213 g/mol. The van der Waals surface area contributed by atoms with Crippen LogP contribution in [0.4, 0.5) is 0 Å². The van der Waals surface area contributed by atoms with E-state index >= 15 is 0 Å². The van der Waals surface area contributed by atoms with Crippen molar-refractivity contribution in [2.75, 3.05) is 0 Å². The number of nitrogens with zero attached hydrogens (tertiary/aromatic N) is 1. The second-order valence-electron chi connectivity index (χ2n) is 3.90. The monoisotopic (exact) mass is 213 g/mol. The van der Waals surface area contributed by atoms with Crippen molar-refractivity contribution in [2.24, 2.45) is 5.18 Å². The molecule has 0 bridgehead atoms. The Hall–Kier alpha value is -0.860. The fourth-order valence-corrected chi connectivity index (χ4v) is 1.47. The Kier molecular flexibility index (Phi) is 9.13. The van der Waals surface area contributed by atoms with Crippen molar-refractivity contribution >= 4 is 0 Å². The van der Waals surface area contributed by atoms with Crippen LogP contribution < -0.4 is 0 Å². The molecule has 0 spiro atoms. The Bertz CT molecular complexity index is 200. The zero-order valence-electron chi connectivity index (χ0n) is 9.96. The standard InChI is InChI=1S/C12H23NO2/c1-3-5-7-9-11(13-15)12(14)10-8-6-4-2/h14H,3-10H2,1-2H3/b12-11-. The SMILES string of the molecule is CCCCC/C(O)=C(\CCCCC)N=O. The molecule has 0 rings (SSSR count). The predicted octanol–water partition coefficient (Wildman–Crippen LogP) is 4.68. The molecule has 0 saturated heterocycles. The van der Waals surface area contributed by atoms with E-state index in [0.717, 1.165) is 38.5 Å². The first-order valence-corrected chi connectivity index (χ1v) is 6.00. The van der Waals surface area contributed by atoms with Crippen LogP contribution in [0.5, 0.6) is 0 Å². The van der Waals surface area contributed by atoms with Crippen LogP contribution in [-0.4, -0.2) is 5.11 Å². The van der Waals surface area contributed by atoms with E-state index in [1.165, 1.54) is 0 Å². The van der Waals surface area contributed by atoms with Crippen LogP contribution in [0.1, 0.15) is 65.2 Å². The van der Waals surface area contributed by atoms with Crippen molar-refractivity contribution in [1.82, 2.24) is 0 Å². The summed E-state index contributed by atoms with van der Waals surface area (Å²) in [5, 5.41) is 12.5. The quantitative estimate of drug-likeness (QED) is 0.343. The number of hydrogen-bond donors (Lipinski definition) is 1. The van der Waals surface area contributed by atoms with Crippen LogP contribution in [0.3, 0.4) is 0 Å². The number of nitroso groups, excluding NO2 is 1. The number of aliphatic hydroxyl groups is 1. The number of hydrogen-bond acceptors (Lipinski definition) is 3. The molecule has 15 heavy (non-hydrogen) atoms. The first-order chi connectivity index (χ1) is 7.26. The first kappa shape index (κ1) is 14.1. The second-order valence-corrected chi connectivity index (χ2v) is 3.90. The molecule has 0 heterocycles. The Balaban J connectivity index is 3.96. The van der Waals surface area contributed by atoms with Gasteiger partial charge in [0, 0.05) is 6.42 Å². The van der Waals surface area contributed by atoms with Gasteiger partial charge in [0.25, 0.3) is 0 Å². The maximum absolute atomic E-state index is 10.5. The summed E-state index contributed by atoms with van der Waals surface area (Å²) in [4.78, 5) is 10.5. The molecule has 0 saturated carbocycles. The summed E-state index contributed by atoms with van der Waals surface area (Å²) in [6.45, 7) is 4.22. The van der Waals surface area contributed by atoms with Crippen LogP contribution in [-0.2, 0) is 0 Å². The van der Waals surface area contributed by atoms with E-state index in [2.05, 4.69) is 19.0 Å². The summed E-state index contributed by atoms with van der Waals surface area (Å²) in [6, 6.07) is 0. The van der Waals surface area contributed by atoms with E-state index in [4.69, 9.17) is 0 Å². The highest BCUT2D eigenvalue weighted by molar-refractivity contribution is 5.05. The lowest BCUT2D eigenvalue weighted by Crippen LogP contribution is -1.90. The minimum absolute atomic E-state index is 0.203. The van der Waals surface area contributed by atoms with Gasteiger partial charge < -0.3 is 5.11 Å². The summed E-state index contributed by atoms with van der Waals surface area (Å²) in [7, 11) is 0. The molecule has 0 aromatic heterocycles. The molecule has 0 amide bonds. The highest BCUT2D eigenvalue weighted by Crippen LogP contribution is 2.17. The third-order valence-electron chi connectivity index (χ3n) is 2.48. The molecule has 0 radical (unpaired) electrons. The van der Waals surface area contributed by atoms with Gasteiger partial charge in [0.15, 0.2) is 0 Å². The number of rotatable bonds is 9. The van der Waals surface area contributed by atoms with Gasteiger partial charge in [0.1, 0.15) is 11.5 Å². The minimum Gasteiger partial charge on any atom is -0.510 e. The summed E-state index contributed by atoms with van der Waals surface area (Å²) in [6.07, 6.45) is 7.50. The van der Waals surface area contributed by atoms with Gasteiger partial charge in [-0.3, -0.25) is 0 Å². The molecule has 0 fully saturated rings. The van der Waals surface area contributed by atoms with Crippen LogP contribution in [0.15, 0.2) is 16.6 Å². The third-order valence-corrected chi connectivity index (χ3v) is 2.48. The summed E-state index contributed by atoms with van der Waals surface area (Å²) in [5.41, 5.74) is 0.361. The Labute approximate surface area is 92.6 Å². The maximum atomic E-state index is 10.5. The topological polar surface area (TPSA) is 49.7 Å². The van der Waals surface area contributed by atoms with Gasteiger partial charge in [0.05, 0.1) is 0 Å². The lowest BCUT2D eigenvalue weighted by molar-refractivity contribution is 0.370. The first-order valence-electron chi connectivity index (χ1n) is 6.00. The zero-order chi connectivity index (χ0) is 11.5. The number of aliphatic hydroxyl groups excluding tert-OH is 1. The Morgan fingerprint density at radius 2 is 1.53 bits per heavy atom.